The molecule has 0 unspecified atom stereocenters. The highest BCUT2D eigenvalue weighted by Gasteiger charge is 2.27. The molecule has 2 aliphatic heterocycles. The van der Waals surface area contributed by atoms with Crippen molar-refractivity contribution in [1.82, 2.24) is 4.90 Å². The molecule has 2 aliphatic rings. The highest BCUT2D eigenvalue weighted by Crippen LogP contribution is 2.16. The lowest BCUT2D eigenvalue weighted by atomic mass is 10.1. The minimum atomic E-state index is 1.32. The molecule has 0 aliphatic carbocycles. The molecule has 0 spiro atoms. The van der Waals surface area contributed by atoms with E-state index in [0.717, 1.165) is 0 Å². The summed E-state index contributed by atoms with van der Waals surface area (Å²) >= 11 is 0. The summed E-state index contributed by atoms with van der Waals surface area (Å²) in [6.07, 6.45) is 17.0. The quantitative estimate of drug-likeness (QED) is 0.470. The zero-order chi connectivity index (χ0) is 14.0. The third-order valence-electron chi connectivity index (χ3n) is 4.95. The summed E-state index contributed by atoms with van der Waals surface area (Å²) in [6, 6.07) is 0. The van der Waals surface area contributed by atoms with Crippen LogP contribution in [0.5, 0.6) is 0 Å². The van der Waals surface area contributed by atoms with E-state index in [-0.39, 0.29) is 0 Å². The first-order valence-corrected chi connectivity index (χ1v) is 9.27. The van der Waals surface area contributed by atoms with E-state index < -0.39 is 0 Å². The van der Waals surface area contributed by atoms with Crippen LogP contribution in [-0.2, 0) is 0 Å². The minimum Gasteiger partial charge on any atom is -0.266 e. The van der Waals surface area contributed by atoms with Crippen LogP contribution < -0.4 is 0 Å². The van der Waals surface area contributed by atoms with Crippen molar-refractivity contribution in [2.45, 2.75) is 84.0 Å². The summed E-state index contributed by atoms with van der Waals surface area (Å²) in [5.74, 6) is 1.69. The van der Waals surface area contributed by atoms with Crippen molar-refractivity contribution < 1.29 is 4.58 Å². The van der Waals surface area contributed by atoms with Gasteiger partial charge in [-0.3, -0.25) is 9.48 Å². The van der Waals surface area contributed by atoms with Crippen molar-refractivity contribution in [3.8, 4) is 0 Å². The molecule has 2 heterocycles. The Morgan fingerprint density at radius 1 is 0.850 bits per heavy atom. The molecule has 0 saturated carbocycles. The van der Waals surface area contributed by atoms with Gasteiger partial charge in [0.2, 0.25) is 5.84 Å². The van der Waals surface area contributed by atoms with Crippen molar-refractivity contribution in [2.24, 2.45) is 0 Å². The maximum absolute atomic E-state index is 2.72. The van der Waals surface area contributed by atoms with Gasteiger partial charge in [-0.15, -0.1) is 0 Å². The fourth-order valence-corrected chi connectivity index (χ4v) is 3.73. The molecule has 0 N–H and O–H groups in total. The van der Waals surface area contributed by atoms with Gasteiger partial charge in [0.05, 0.1) is 26.2 Å². The number of unbranched alkanes of at least 4 members (excludes halogenated alkanes) is 6. The Morgan fingerprint density at radius 3 is 2.45 bits per heavy atom. The highest BCUT2D eigenvalue weighted by molar-refractivity contribution is 5.77. The molecule has 20 heavy (non-hydrogen) atoms. The van der Waals surface area contributed by atoms with E-state index in [9.17, 15) is 0 Å². The number of nitrogens with zero attached hydrogens (tertiary/aromatic N) is 2. The van der Waals surface area contributed by atoms with E-state index >= 15 is 0 Å². The van der Waals surface area contributed by atoms with Gasteiger partial charge in [-0.25, -0.2) is 0 Å². The summed E-state index contributed by atoms with van der Waals surface area (Å²) in [5, 5.41) is 0. The third kappa shape index (κ3) is 5.10. The summed E-state index contributed by atoms with van der Waals surface area (Å²) < 4.78 is 2.69. The lowest BCUT2D eigenvalue weighted by Gasteiger charge is -2.26. The monoisotopic (exact) mass is 279 g/mol. The molecule has 0 fully saturated rings. The van der Waals surface area contributed by atoms with E-state index in [4.69, 9.17) is 0 Å². The summed E-state index contributed by atoms with van der Waals surface area (Å²) in [5.41, 5.74) is 0. The van der Waals surface area contributed by atoms with Crippen LogP contribution in [0.3, 0.4) is 0 Å². The van der Waals surface area contributed by atoms with Gasteiger partial charge in [-0.2, -0.15) is 0 Å². The van der Waals surface area contributed by atoms with Gasteiger partial charge in [0, 0.05) is 12.8 Å². The molecule has 0 amide bonds. The zero-order valence-electron chi connectivity index (χ0n) is 13.7. The Kier molecular flexibility index (Phi) is 7.46. The molecule has 2 nitrogen and oxygen atoms in total. The van der Waals surface area contributed by atoms with Gasteiger partial charge in [0.1, 0.15) is 0 Å². The standard InChI is InChI=1S/C18H35N2/c1-2-3-4-5-6-7-10-14-19-16-12-17-20-15-11-8-9-13-18(19)20/h2-17H2,1H3/q+1. The first kappa shape index (κ1) is 15.9. The maximum Gasteiger partial charge on any atom is 0.246 e. The molecule has 116 valence electrons. The number of hydrogen-bond donors (Lipinski definition) is 0. The van der Waals surface area contributed by atoms with Crippen LogP contribution in [0.4, 0.5) is 0 Å². The van der Waals surface area contributed by atoms with Crippen molar-refractivity contribution in [3.05, 3.63) is 0 Å². The Morgan fingerprint density at radius 2 is 1.60 bits per heavy atom. The van der Waals surface area contributed by atoms with Crippen LogP contribution in [-0.4, -0.2) is 41.5 Å². The van der Waals surface area contributed by atoms with Gasteiger partial charge in [0.25, 0.3) is 0 Å². The number of rotatable bonds is 8. The van der Waals surface area contributed by atoms with Crippen LogP contribution in [0.1, 0.15) is 84.0 Å². The van der Waals surface area contributed by atoms with Crippen molar-refractivity contribution in [1.29, 1.82) is 0 Å². The molecule has 2 rings (SSSR count). The molecular weight excluding hydrogens is 244 g/mol. The maximum atomic E-state index is 2.72. The van der Waals surface area contributed by atoms with E-state index in [1.54, 1.807) is 5.84 Å². The highest BCUT2D eigenvalue weighted by atomic mass is 15.3. The molecule has 2 heteroatoms. The lowest BCUT2D eigenvalue weighted by molar-refractivity contribution is -0.539. The zero-order valence-corrected chi connectivity index (χ0v) is 13.7. The fraction of sp³-hybridized carbons (Fsp3) is 0.944. The molecule has 0 aromatic heterocycles. The van der Waals surface area contributed by atoms with Crippen LogP contribution in [0.25, 0.3) is 0 Å². The Bertz CT molecular complexity index is 296. The first-order chi connectivity index (χ1) is 9.92. The average Bonchev–Trinajstić information content (AvgIpc) is 2.72. The van der Waals surface area contributed by atoms with E-state index in [2.05, 4.69) is 16.4 Å². The molecule has 0 radical (unpaired) electrons. The molecule has 0 saturated heterocycles. The average molecular weight is 279 g/mol. The van der Waals surface area contributed by atoms with Crippen LogP contribution >= 0.6 is 0 Å². The normalized spacial score (nSPS) is 19.9. The smallest absolute Gasteiger partial charge is 0.246 e. The Balaban J connectivity index is 1.66. The predicted molar refractivity (Wildman–Crippen MR) is 87.7 cm³/mol. The molecule has 0 bridgehead atoms. The molecular formula is C18H35N2+. The van der Waals surface area contributed by atoms with Crippen LogP contribution in [0.2, 0.25) is 0 Å². The van der Waals surface area contributed by atoms with E-state index in [1.165, 1.54) is 103 Å². The minimum absolute atomic E-state index is 1.32. The number of amidine groups is 1. The van der Waals surface area contributed by atoms with Gasteiger partial charge < -0.3 is 0 Å². The largest absolute Gasteiger partial charge is 0.266 e. The second-order valence-electron chi connectivity index (χ2n) is 6.68. The van der Waals surface area contributed by atoms with Gasteiger partial charge >= 0.3 is 0 Å². The van der Waals surface area contributed by atoms with Gasteiger partial charge in [0.15, 0.2) is 0 Å². The predicted octanol–water partition coefficient (Wildman–Crippen LogP) is 4.43. The molecule has 0 aromatic carbocycles. The van der Waals surface area contributed by atoms with Crippen molar-refractivity contribution >= 4 is 5.84 Å². The fourth-order valence-electron chi connectivity index (χ4n) is 3.73. The first-order valence-electron chi connectivity index (χ1n) is 9.27. The van der Waals surface area contributed by atoms with Crippen LogP contribution in [0, 0.1) is 0 Å². The topological polar surface area (TPSA) is 6.25 Å². The third-order valence-corrected chi connectivity index (χ3v) is 4.95. The lowest BCUT2D eigenvalue weighted by Crippen LogP contribution is -2.44. The van der Waals surface area contributed by atoms with Crippen molar-refractivity contribution in [2.75, 3.05) is 26.2 Å². The van der Waals surface area contributed by atoms with E-state index in [1.807, 2.05) is 0 Å². The number of hydrogen-bond acceptors (Lipinski definition) is 1. The Labute approximate surface area is 126 Å². The SMILES string of the molecule is CCCCCCCCCN1CCC[N+]2=C1CCCCC2. The second-order valence-corrected chi connectivity index (χ2v) is 6.68. The summed E-state index contributed by atoms with van der Waals surface area (Å²) in [4.78, 5) is 2.72. The van der Waals surface area contributed by atoms with Crippen molar-refractivity contribution in [3.63, 3.8) is 0 Å². The van der Waals surface area contributed by atoms with Crippen LogP contribution in [0.15, 0.2) is 0 Å². The van der Waals surface area contributed by atoms with Gasteiger partial charge in [-0.1, -0.05) is 39.0 Å². The second kappa shape index (κ2) is 9.41. The molecule has 0 atom stereocenters. The summed E-state index contributed by atoms with van der Waals surface area (Å²) in [7, 11) is 0. The van der Waals surface area contributed by atoms with E-state index in [0.29, 0.717) is 0 Å². The summed E-state index contributed by atoms with van der Waals surface area (Å²) in [6.45, 7) is 7.58. The van der Waals surface area contributed by atoms with Gasteiger partial charge in [-0.05, 0) is 32.1 Å². The molecule has 0 aromatic rings. The Hall–Kier alpha value is -0.530.